The molecule has 1 rings (SSSR count). The summed E-state index contributed by atoms with van der Waals surface area (Å²) in [6.07, 6.45) is 1.88. The second-order valence-corrected chi connectivity index (χ2v) is 4.48. The number of rotatable bonds is 9. The molecule has 0 radical (unpaired) electrons. The number of ether oxygens (including phenoxy) is 1. The lowest BCUT2D eigenvalue weighted by Gasteiger charge is -2.04. The Labute approximate surface area is 118 Å². The van der Waals surface area contributed by atoms with Gasteiger partial charge in [0.1, 0.15) is 5.82 Å². The summed E-state index contributed by atoms with van der Waals surface area (Å²) >= 11 is 0. The van der Waals surface area contributed by atoms with E-state index in [1.807, 2.05) is 0 Å². The largest absolute Gasteiger partial charge is 0.385 e. The average molecular weight is 281 g/mol. The van der Waals surface area contributed by atoms with Gasteiger partial charge in [0.05, 0.1) is 0 Å². The van der Waals surface area contributed by atoms with Gasteiger partial charge >= 0.3 is 0 Å². The molecular weight excluding hydrogens is 261 g/mol. The minimum Gasteiger partial charge on any atom is -0.385 e. The normalized spacial score (nSPS) is 10.3. The Balaban J connectivity index is 2.18. The molecule has 20 heavy (non-hydrogen) atoms. The van der Waals surface area contributed by atoms with E-state index < -0.39 is 0 Å². The quantitative estimate of drug-likeness (QED) is 0.558. The maximum absolute atomic E-state index is 12.7. The molecule has 0 bridgehead atoms. The third-order valence-electron chi connectivity index (χ3n) is 2.82. The highest BCUT2D eigenvalue weighted by Crippen LogP contribution is 2.08. The van der Waals surface area contributed by atoms with Crippen LogP contribution < -0.4 is 5.32 Å². The van der Waals surface area contributed by atoms with Crippen molar-refractivity contribution in [1.82, 2.24) is 5.32 Å². The lowest BCUT2D eigenvalue weighted by molar-refractivity contribution is -0.121. The molecular formula is C15H20FNO3. The maximum atomic E-state index is 12.7. The first-order valence-electron chi connectivity index (χ1n) is 6.68. The number of carbonyl (C=O) groups excluding carboxylic acids is 2. The van der Waals surface area contributed by atoms with Crippen LogP contribution in [0.3, 0.4) is 0 Å². The zero-order valence-electron chi connectivity index (χ0n) is 11.7. The van der Waals surface area contributed by atoms with E-state index in [1.165, 1.54) is 24.3 Å². The zero-order valence-corrected chi connectivity index (χ0v) is 11.7. The van der Waals surface area contributed by atoms with E-state index in [2.05, 4.69) is 5.32 Å². The van der Waals surface area contributed by atoms with Crippen molar-refractivity contribution in [3.05, 3.63) is 35.6 Å². The SMILES string of the molecule is COCCCNC(=O)CCCC(=O)c1ccc(F)cc1. The molecule has 1 amide bonds. The van der Waals surface area contributed by atoms with E-state index in [0.717, 1.165) is 6.42 Å². The zero-order chi connectivity index (χ0) is 14.8. The number of hydrogen-bond acceptors (Lipinski definition) is 3. The number of hydrogen-bond donors (Lipinski definition) is 1. The number of ketones is 1. The van der Waals surface area contributed by atoms with E-state index in [0.29, 0.717) is 31.6 Å². The van der Waals surface area contributed by atoms with Crippen LogP contribution in [0.25, 0.3) is 0 Å². The summed E-state index contributed by atoms with van der Waals surface area (Å²) in [7, 11) is 1.61. The van der Waals surface area contributed by atoms with E-state index in [1.54, 1.807) is 7.11 Å². The number of benzene rings is 1. The first kappa shape index (κ1) is 16.3. The van der Waals surface area contributed by atoms with Crippen molar-refractivity contribution in [2.45, 2.75) is 25.7 Å². The summed E-state index contributed by atoms with van der Waals surface area (Å²) in [6.45, 7) is 1.20. The Morgan fingerprint density at radius 3 is 2.50 bits per heavy atom. The Kier molecular flexibility index (Phi) is 7.50. The second kappa shape index (κ2) is 9.20. The van der Waals surface area contributed by atoms with Crippen molar-refractivity contribution in [2.75, 3.05) is 20.3 Å². The van der Waals surface area contributed by atoms with Crippen molar-refractivity contribution < 1.29 is 18.7 Å². The van der Waals surface area contributed by atoms with E-state index >= 15 is 0 Å². The summed E-state index contributed by atoms with van der Waals surface area (Å²) in [4.78, 5) is 23.2. The highest BCUT2D eigenvalue weighted by Gasteiger charge is 2.07. The highest BCUT2D eigenvalue weighted by atomic mass is 19.1. The molecule has 1 aromatic carbocycles. The molecule has 5 heteroatoms. The van der Waals surface area contributed by atoms with Gasteiger partial charge in [-0.2, -0.15) is 0 Å². The first-order chi connectivity index (χ1) is 9.63. The molecule has 0 saturated carbocycles. The smallest absolute Gasteiger partial charge is 0.220 e. The van der Waals surface area contributed by atoms with Crippen LogP contribution in [-0.4, -0.2) is 32.0 Å². The van der Waals surface area contributed by atoms with Gasteiger partial charge in [0.2, 0.25) is 5.91 Å². The number of nitrogens with one attached hydrogen (secondary N) is 1. The van der Waals surface area contributed by atoms with Crippen molar-refractivity contribution >= 4 is 11.7 Å². The second-order valence-electron chi connectivity index (χ2n) is 4.48. The van der Waals surface area contributed by atoms with Gasteiger partial charge < -0.3 is 10.1 Å². The van der Waals surface area contributed by atoms with Gasteiger partial charge in [0, 0.05) is 38.7 Å². The van der Waals surface area contributed by atoms with Gasteiger partial charge in [-0.25, -0.2) is 4.39 Å². The fraction of sp³-hybridized carbons (Fsp3) is 0.467. The van der Waals surface area contributed by atoms with Gasteiger partial charge in [-0.05, 0) is 37.1 Å². The first-order valence-corrected chi connectivity index (χ1v) is 6.68. The molecule has 0 atom stereocenters. The Morgan fingerprint density at radius 1 is 1.15 bits per heavy atom. The van der Waals surface area contributed by atoms with Gasteiger partial charge in [-0.15, -0.1) is 0 Å². The van der Waals surface area contributed by atoms with Gasteiger partial charge in [-0.1, -0.05) is 0 Å². The Morgan fingerprint density at radius 2 is 1.85 bits per heavy atom. The van der Waals surface area contributed by atoms with Crippen LogP contribution in [0.5, 0.6) is 0 Å². The summed E-state index contributed by atoms with van der Waals surface area (Å²) < 4.78 is 17.6. The maximum Gasteiger partial charge on any atom is 0.220 e. The molecule has 0 aliphatic rings. The molecule has 0 heterocycles. The summed E-state index contributed by atoms with van der Waals surface area (Å²) in [5, 5.41) is 2.76. The van der Waals surface area contributed by atoms with Crippen LogP contribution in [0.15, 0.2) is 24.3 Å². The standard InChI is InChI=1S/C15H20FNO3/c1-20-11-3-10-17-15(19)5-2-4-14(18)12-6-8-13(16)9-7-12/h6-9H,2-5,10-11H2,1H3,(H,17,19). The minimum atomic E-state index is -0.364. The van der Waals surface area contributed by atoms with Crippen LogP contribution in [-0.2, 0) is 9.53 Å². The predicted octanol–water partition coefficient (Wildman–Crippen LogP) is 2.33. The summed E-state index contributed by atoms with van der Waals surface area (Å²) in [5.41, 5.74) is 0.479. The molecule has 0 saturated heterocycles. The third kappa shape index (κ3) is 6.43. The van der Waals surface area contributed by atoms with Gasteiger partial charge in [-0.3, -0.25) is 9.59 Å². The molecule has 0 fully saturated rings. The molecule has 110 valence electrons. The van der Waals surface area contributed by atoms with Crippen LogP contribution in [0.2, 0.25) is 0 Å². The number of amides is 1. The Hall–Kier alpha value is -1.75. The number of carbonyl (C=O) groups is 2. The number of Topliss-reactive ketones (excluding diaryl/α,β-unsaturated/α-hetero) is 1. The fourth-order valence-electron chi connectivity index (χ4n) is 1.72. The molecule has 0 aromatic heterocycles. The molecule has 0 aliphatic carbocycles. The molecule has 0 unspecified atom stereocenters. The van der Waals surface area contributed by atoms with Gasteiger partial charge in [0.15, 0.2) is 5.78 Å². The van der Waals surface area contributed by atoms with E-state index in [4.69, 9.17) is 4.74 Å². The van der Waals surface area contributed by atoms with E-state index in [-0.39, 0.29) is 23.9 Å². The molecule has 1 N–H and O–H groups in total. The third-order valence-corrected chi connectivity index (χ3v) is 2.82. The van der Waals surface area contributed by atoms with Crippen molar-refractivity contribution in [3.8, 4) is 0 Å². The predicted molar refractivity (Wildman–Crippen MR) is 74.1 cm³/mol. The Bertz CT molecular complexity index is 431. The number of methoxy groups -OCH3 is 1. The average Bonchev–Trinajstić information content (AvgIpc) is 2.44. The summed E-state index contributed by atoms with van der Waals surface area (Å²) in [5.74, 6) is -0.498. The molecule has 0 aliphatic heterocycles. The topological polar surface area (TPSA) is 55.4 Å². The summed E-state index contributed by atoms with van der Waals surface area (Å²) in [6, 6.07) is 5.44. The van der Waals surface area contributed by atoms with Crippen LogP contribution >= 0.6 is 0 Å². The van der Waals surface area contributed by atoms with Crippen molar-refractivity contribution in [2.24, 2.45) is 0 Å². The van der Waals surface area contributed by atoms with Crippen molar-refractivity contribution in [3.63, 3.8) is 0 Å². The lowest BCUT2D eigenvalue weighted by Crippen LogP contribution is -2.25. The minimum absolute atomic E-state index is 0.0620. The van der Waals surface area contributed by atoms with Crippen molar-refractivity contribution in [1.29, 1.82) is 0 Å². The number of halogens is 1. The highest BCUT2D eigenvalue weighted by molar-refractivity contribution is 5.96. The molecule has 1 aromatic rings. The van der Waals surface area contributed by atoms with Crippen LogP contribution in [0, 0.1) is 5.82 Å². The van der Waals surface area contributed by atoms with Gasteiger partial charge in [0.25, 0.3) is 0 Å². The van der Waals surface area contributed by atoms with Crippen LogP contribution in [0.4, 0.5) is 4.39 Å². The molecule has 4 nitrogen and oxygen atoms in total. The lowest BCUT2D eigenvalue weighted by atomic mass is 10.1. The van der Waals surface area contributed by atoms with E-state index in [9.17, 15) is 14.0 Å². The van der Waals surface area contributed by atoms with Crippen LogP contribution in [0.1, 0.15) is 36.0 Å². The molecule has 0 spiro atoms. The fourth-order valence-corrected chi connectivity index (χ4v) is 1.72. The monoisotopic (exact) mass is 281 g/mol.